The van der Waals surface area contributed by atoms with Crippen LogP contribution >= 0.6 is 35.6 Å². The Morgan fingerprint density at radius 2 is 2.03 bits per heavy atom. The Morgan fingerprint density at radius 3 is 2.69 bits per heavy atom. The van der Waals surface area contributed by atoms with Crippen LogP contribution in [-0.2, 0) is 10.0 Å². The van der Waals surface area contributed by atoms with Crippen LogP contribution in [0, 0.1) is 18.3 Å². The molecule has 0 aromatic heterocycles. The largest absolute Gasteiger partial charge is 0.456 e. The van der Waals surface area contributed by atoms with Crippen molar-refractivity contribution in [1.82, 2.24) is 14.9 Å². The number of benzene rings is 2. The number of ether oxygens (including phenoxy) is 1. The molecule has 35 heavy (non-hydrogen) atoms. The smallest absolute Gasteiger partial charge is 0.244 e. The van der Waals surface area contributed by atoms with E-state index >= 15 is 0 Å². The van der Waals surface area contributed by atoms with Gasteiger partial charge in [0.25, 0.3) is 0 Å². The average molecular weight is 553 g/mol. The summed E-state index contributed by atoms with van der Waals surface area (Å²) in [4.78, 5) is 1.99. The van der Waals surface area contributed by atoms with E-state index in [1.807, 2.05) is 13.0 Å². The summed E-state index contributed by atoms with van der Waals surface area (Å²) in [5.74, 6) is 1.63. The Morgan fingerprint density at radius 1 is 1.29 bits per heavy atom. The lowest BCUT2D eigenvalue weighted by molar-refractivity contribution is 0.298. The van der Waals surface area contributed by atoms with Gasteiger partial charge < -0.3 is 15.0 Å². The number of aryl methyl sites for hydroxylation is 1. The van der Waals surface area contributed by atoms with Crippen LogP contribution in [-0.4, -0.2) is 56.1 Å². The summed E-state index contributed by atoms with van der Waals surface area (Å²) in [5.41, 5.74) is 1.11. The molecule has 2 aromatic carbocycles. The van der Waals surface area contributed by atoms with Crippen molar-refractivity contribution in [2.75, 3.05) is 31.6 Å². The number of hydrogen-bond acceptors (Lipinski definition) is 6. The van der Waals surface area contributed by atoms with Gasteiger partial charge in [-0.05, 0) is 92.4 Å². The maximum absolute atomic E-state index is 13.4. The van der Waals surface area contributed by atoms with Crippen molar-refractivity contribution >= 4 is 50.7 Å². The number of nitrogens with zero attached hydrogens (tertiary/aromatic N) is 2. The first-order valence-electron chi connectivity index (χ1n) is 11.2. The van der Waals surface area contributed by atoms with Crippen LogP contribution in [0.2, 0.25) is 5.02 Å². The number of thioether (sulfide) groups is 1. The van der Waals surface area contributed by atoms with E-state index in [2.05, 4.69) is 21.2 Å². The number of rotatable bonds is 9. The molecule has 0 spiro atoms. The van der Waals surface area contributed by atoms with Crippen LogP contribution in [0.25, 0.3) is 0 Å². The van der Waals surface area contributed by atoms with Crippen LogP contribution in [0.15, 0.2) is 41.3 Å². The Bertz CT molecular complexity index is 1170. The molecule has 2 aromatic rings. The first-order chi connectivity index (χ1) is 16.7. The summed E-state index contributed by atoms with van der Waals surface area (Å²) < 4.78 is 35.4. The Balaban J connectivity index is 1.69. The van der Waals surface area contributed by atoms with Gasteiger partial charge >= 0.3 is 0 Å². The highest BCUT2D eigenvalue weighted by atomic mass is 35.5. The number of thiocarbonyl (C=S) groups is 1. The molecule has 188 valence electrons. The molecule has 0 bridgehead atoms. The number of nitriles is 1. The second kappa shape index (κ2) is 12.8. The lowest BCUT2D eigenvalue weighted by Crippen LogP contribution is -2.49. The highest BCUT2D eigenvalue weighted by molar-refractivity contribution is 7.98. The molecule has 0 aliphatic carbocycles. The molecule has 2 N–H and O–H groups in total. The van der Waals surface area contributed by atoms with Crippen molar-refractivity contribution < 1.29 is 13.2 Å². The number of nitrogens with one attached hydrogen (secondary N) is 2. The standard InChI is InChI=1S/C24H29ClN4O3S3/c1-17-12-19(25)15-21(13-17)32-22-5-4-18(16-26)14-23(22)35(30,31)28-20-6-9-29(10-7-20)24(33)27-8-3-11-34-2/h4-5,12-15,20,28H,3,6-11H2,1-2H3,(H,27,33). The summed E-state index contributed by atoms with van der Waals surface area (Å²) in [7, 11) is -3.95. The van der Waals surface area contributed by atoms with E-state index in [4.69, 9.17) is 28.6 Å². The van der Waals surface area contributed by atoms with Crippen molar-refractivity contribution in [3.8, 4) is 17.6 Å². The SMILES string of the molecule is CSCCCNC(=S)N1CCC(NS(=O)(=O)c2cc(C#N)ccc2Oc2cc(C)cc(Cl)c2)CC1. The minimum Gasteiger partial charge on any atom is -0.456 e. The van der Waals surface area contributed by atoms with Crippen molar-refractivity contribution in [2.45, 2.75) is 37.1 Å². The quantitative estimate of drug-likeness (QED) is 0.342. The summed E-state index contributed by atoms with van der Waals surface area (Å²) in [6, 6.07) is 11.3. The van der Waals surface area contributed by atoms with Gasteiger partial charge in [0.05, 0.1) is 11.6 Å². The summed E-state index contributed by atoms with van der Waals surface area (Å²) in [6.07, 6.45) is 4.35. The predicted molar refractivity (Wildman–Crippen MR) is 146 cm³/mol. The molecule has 1 aliphatic heterocycles. The maximum atomic E-state index is 13.4. The third-order valence-corrected chi connectivity index (χ3v) is 8.37. The summed E-state index contributed by atoms with van der Waals surface area (Å²) in [5, 5.41) is 13.8. The van der Waals surface area contributed by atoms with Gasteiger partial charge in [0, 0.05) is 30.7 Å². The van der Waals surface area contributed by atoms with Crippen LogP contribution in [0.3, 0.4) is 0 Å². The monoisotopic (exact) mass is 552 g/mol. The summed E-state index contributed by atoms with van der Waals surface area (Å²) in [6.45, 7) is 4.01. The van der Waals surface area contributed by atoms with Crippen molar-refractivity contribution in [1.29, 1.82) is 5.26 Å². The Hall–Kier alpha value is -2.03. The molecule has 0 radical (unpaired) electrons. The lowest BCUT2D eigenvalue weighted by atomic mass is 10.1. The van der Waals surface area contributed by atoms with Gasteiger partial charge in [0.1, 0.15) is 16.4 Å². The number of hydrogen-bond donors (Lipinski definition) is 2. The van der Waals surface area contributed by atoms with Crippen LogP contribution in [0.1, 0.15) is 30.4 Å². The molecule has 0 amide bonds. The van der Waals surface area contributed by atoms with Crippen LogP contribution < -0.4 is 14.8 Å². The third-order valence-electron chi connectivity index (χ3n) is 5.51. The zero-order chi connectivity index (χ0) is 25.4. The van der Waals surface area contributed by atoms with Gasteiger partial charge in [-0.25, -0.2) is 13.1 Å². The van der Waals surface area contributed by atoms with Crippen LogP contribution in [0.4, 0.5) is 0 Å². The highest BCUT2D eigenvalue weighted by Crippen LogP contribution is 2.32. The van der Waals surface area contributed by atoms with E-state index in [0.29, 0.717) is 41.8 Å². The van der Waals surface area contributed by atoms with Crippen molar-refractivity contribution in [2.24, 2.45) is 0 Å². The molecule has 11 heteroatoms. The molecule has 1 saturated heterocycles. The molecule has 0 saturated carbocycles. The third kappa shape index (κ3) is 7.98. The average Bonchev–Trinajstić information content (AvgIpc) is 2.81. The van der Waals surface area contributed by atoms with Gasteiger partial charge in [-0.3, -0.25) is 0 Å². The fraction of sp³-hybridized carbons (Fsp3) is 0.417. The number of likely N-dealkylation sites (tertiary alicyclic amines) is 1. The number of halogens is 1. The molecule has 1 heterocycles. The number of sulfonamides is 1. The first kappa shape index (κ1) is 27.6. The van der Waals surface area contributed by atoms with E-state index in [9.17, 15) is 13.7 Å². The molecule has 0 unspecified atom stereocenters. The zero-order valence-corrected chi connectivity index (χ0v) is 22.9. The second-order valence-electron chi connectivity index (χ2n) is 8.30. The van der Waals surface area contributed by atoms with E-state index in [1.54, 1.807) is 30.0 Å². The topological polar surface area (TPSA) is 94.5 Å². The normalized spacial score (nSPS) is 14.4. The van der Waals surface area contributed by atoms with E-state index in [-0.39, 0.29) is 22.3 Å². The van der Waals surface area contributed by atoms with E-state index in [1.165, 1.54) is 18.2 Å². The van der Waals surface area contributed by atoms with Gasteiger partial charge in [-0.2, -0.15) is 17.0 Å². The van der Waals surface area contributed by atoms with Crippen molar-refractivity contribution in [3.63, 3.8) is 0 Å². The fourth-order valence-electron chi connectivity index (χ4n) is 3.77. The molecule has 0 atom stereocenters. The van der Waals surface area contributed by atoms with E-state index in [0.717, 1.165) is 24.3 Å². The molecule has 7 nitrogen and oxygen atoms in total. The predicted octanol–water partition coefficient (Wildman–Crippen LogP) is 4.68. The van der Waals surface area contributed by atoms with Crippen LogP contribution in [0.5, 0.6) is 11.5 Å². The maximum Gasteiger partial charge on any atom is 0.244 e. The summed E-state index contributed by atoms with van der Waals surface area (Å²) >= 11 is 13.4. The van der Waals surface area contributed by atoms with Gasteiger partial charge in [-0.15, -0.1) is 0 Å². The van der Waals surface area contributed by atoms with E-state index < -0.39 is 10.0 Å². The molecular formula is C24H29ClN4O3S3. The molecule has 1 aliphatic rings. The minimum atomic E-state index is -3.95. The highest BCUT2D eigenvalue weighted by Gasteiger charge is 2.28. The molecule has 1 fully saturated rings. The Kier molecular flexibility index (Phi) is 10.1. The fourth-order valence-corrected chi connectivity index (χ4v) is 6.22. The lowest BCUT2D eigenvalue weighted by Gasteiger charge is -2.34. The Labute approximate surface area is 222 Å². The minimum absolute atomic E-state index is 0.0809. The molecular weight excluding hydrogens is 524 g/mol. The van der Waals surface area contributed by atoms with Crippen molar-refractivity contribution in [3.05, 3.63) is 52.5 Å². The second-order valence-corrected chi connectivity index (χ2v) is 11.8. The van der Waals surface area contributed by atoms with Gasteiger partial charge in [-0.1, -0.05) is 11.6 Å². The first-order valence-corrected chi connectivity index (χ1v) is 14.9. The zero-order valence-electron chi connectivity index (χ0n) is 19.7. The van der Waals surface area contributed by atoms with Gasteiger partial charge in [0.2, 0.25) is 10.0 Å². The molecule has 3 rings (SSSR count). The number of piperidine rings is 1. The van der Waals surface area contributed by atoms with Gasteiger partial charge in [0.15, 0.2) is 5.11 Å².